The third kappa shape index (κ3) is 3.65. The second kappa shape index (κ2) is 5.73. The first-order valence-corrected chi connectivity index (χ1v) is 4.73. The van der Waals surface area contributed by atoms with Gasteiger partial charge in [-0.15, -0.1) is 0 Å². The first-order valence-electron chi connectivity index (χ1n) is 4.73. The Balaban J connectivity index is 4.96. The minimum atomic E-state index is -6.94. The summed E-state index contributed by atoms with van der Waals surface area (Å²) in [7, 11) is 0. The number of hydrogen-bond donors (Lipinski definition) is 0. The van der Waals surface area contributed by atoms with Crippen LogP contribution in [-0.2, 0) is 9.47 Å². The van der Waals surface area contributed by atoms with Gasteiger partial charge in [0.2, 0.25) is 0 Å². The zero-order valence-electron chi connectivity index (χ0n) is 9.34. The molecule has 0 spiro atoms. The second-order valence-electron chi connectivity index (χ2n) is 3.21. The molecule has 0 aromatic rings. The normalized spacial score (nSPS) is 14.8. The largest absolute Gasteiger partial charge is 0.460 e. The maximum absolute atomic E-state index is 12.6. The third-order valence-corrected chi connectivity index (χ3v) is 1.83. The molecule has 0 radical (unpaired) electrons. The fraction of sp³-hybridized carbons (Fsp3) is 1.00. The van der Waals surface area contributed by atoms with Crippen LogP contribution >= 0.6 is 0 Å². The Morgan fingerprint density at radius 1 is 0.737 bits per heavy atom. The Morgan fingerprint density at radius 2 is 1.21 bits per heavy atom. The van der Waals surface area contributed by atoms with E-state index in [4.69, 9.17) is 0 Å². The fourth-order valence-corrected chi connectivity index (χ4v) is 0.825. The summed E-state index contributed by atoms with van der Waals surface area (Å²) in [5, 5.41) is 0. The van der Waals surface area contributed by atoms with E-state index >= 15 is 0 Å². The van der Waals surface area contributed by atoms with Crippen LogP contribution in [0.15, 0.2) is 0 Å². The van der Waals surface area contributed by atoms with Crippen molar-refractivity contribution in [3.63, 3.8) is 0 Å². The molecule has 0 aliphatic carbocycles. The lowest BCUT2D eigenvalue weighted by Crippen LogP contribution is -2.61. The highest BCUT2D eigenvalue weighted by Crippen LogP contribution is 2.53. The Hall–Kier alpha value is -0.710. The Kier molecular flexibility index (Phi) is 5.52. The SMILES string of the molecule is CCOCCOC(F)(F)C(F)(F)C(F)(F)C(F)(F)F. The quantitative estimate of drug-likeness (QED) is 0.530. The summed E-state index contributed by atoms with van der Waals surface area (Å²) in [4.78, 5) is 0. The molecule has 0 saturated carbocycles. The first-order chi connectivity index (χ1) is 8.31. The van der Waals surface area contributed by atoms with Crippen molar-refractivity contribution in [2.45, 2.75) is 31.1 Å². The molecule has 0 aromatic carbocycles. The topological polar surface area (TPSA) is 18.5 Å². The summed E-state index contributed by atoms with van der Waals surface area (Å²) in [6.45, 7) is -0.543. The van der Waals surface area contributed by atoms with Gasteiger partial charge in [0.15, 0.2) is 0 Å². The molecule has 19 heavy (non-hydrogen) atoms. The van der Waals surface area contributed by atoms with Crippen molar-refractivity contribution < 1.29 is 49.0 Å². The maximum atomic E-state index is 12.6. The molecule has 2 nitrogen and oxygen atoms in total. The van der Waals surface area contributed by atoms with Crippen LogP contribution in [0.25, 0.3) is 0 Å². The predicted molar refractivity (Wildman–Crippen MR) is 43.3 cm³/mol. The van der Waals surface area contributed by atoms with Crippen LogP contribution in [0, 0.1) is 0 Å². The monoisotopic (exact) mass is 308 g/mol. The smallest absolute Gasteiger partial charge is 0.379 e. The van der Waals surface area contributed by atoms with Gasteiger partial charge in [0, 0.05) is 6.61 Å². The Bertz CT molecular complexity index is 286. The van der Waals surface area contributed by atoms with Gasteiger partial charge in [-0.1, -0.05) is 0 Å². The minimum Gasteiger partial charge on any atom is -0.379 e. The lowest BCUT2D eigenvalue weighted by atomic mass is 10.1. The molecule has 116 valence electrons. The van der Waals surface area contributed by atoms with Crippen molar-refractivity contribution in [2.75, 3.05) is 19.8 Å². The van der Waals surface area contributed by atoms with E-state index in [9.17, 15) is 39.5 Å². The summed E-state index contributed by atoms with van der Waals surface area (Å²) >= 11 is 0. The van der Waals surface area contributed by atoms with Gasteiger partial charge in [-0.25, -0.2) is 0 Å². The zero-order valence-corrected chi connectivity index (χ0v) is 9.34. The molecular weight excluding hydrogens is 299 g/mol. The van der Waals surface area contributed by atoms with Gasteiger partial charge in [-0.2, -0.15) is 39.5 Å². The molecule has 0 rings (SSSR count). The molecule has 0 saturated heterocycles. The Morgan fingerprint density at radius 3 is 1.58 bits per heavy atom. The molecule has 0 aliphatic rings. The van der Waals surface area contributed by atoms with Crippen molar-refractivity contribution in [1.82, 2.24) is 0 Å². The van der Waals surface area contributed by atoms with E-state index < -0.39 is 37.3 Å². The first kappa shape index (κ1) is 18.3. The molecule has 0 aromatic heterocycles. The molecule has 11 heteroatoms. The van der Waals surface area contributed by atoms with Gasteiger partial charge in [0.05, 0.1) is 13.2 Å². The van der Waals surface area contributed by atoms with Crippen molar-refractivity contribution in [2.24, 2.45) is 0 Å². The molecule has 0 N–H and O–H groups in total. The van der Waals surface area contributed by atoms with E-state index in [1.54, 1.807) is 0 Å². The number of ether oxygens (including phenoxy) is 2. The van der Waals surface area contributed by atoms with Crippen LogP contribution in [0.5, 0.6) is 0 Å². The van der Waals surface area contributed by atoms with Crippen molar-refractivity contribution in [1.29, 1.82) is 0 Å². The highest BCUT2D eigenvalue weighted by molar-refractivity contribution is 4.96. The summed E-state index contributed by atoms with van der Waals surface area (Å²) in [6, 6.07) is 0. The zero-order chi connectivity index (χ0) is 15.5. The van der Waals surface area contributed by atoms with E-state index in [1.807, 2.05) is 0 Å². The van der Waals surface area contributed by atoms with Crippen molar-refractivity contribution in [3.8, 4) is 0 Å². The fourth-order valence-electron chi connectivity index (χ4n) is 0.825. The van der Waals surface area contributed by atoms with E-state index in [0.29, 0.717) is 0 Å². The predicted octanol–water partition coefficient (Wildman–Crippen LogP) is 3.47. The number of halogens is 9. The lowest BCUT2D eigenvalue weighted by Gasteiger charge is -2.32. The summed E-state index contributed by atoms with van der Waals surface area (Å²) in [5.74, 6) is -13.7. The highest BCUT2D eigenvalue weighted by Gasteiger charge is 2.82. The van der Waals surface area contributed by atoms with Crippen LogP contribution in [0.1, 0.15) is 6.92 Å². The van der Waals surface area contributed by atoms with E-state index in [1.165, 1.54) is 6.92 Å². The Labute approximate surface area is 101 Å². The van der Waals surface area contributed by atoms with Crippen LogP contribution in [0.4, 0.5) is 39.5 Å². The number of rotatable bonds is 7. The summed E-state index contributed by atoms with van der Waals surface area (Å²) in [6.07, 6.45) is -12.8. The van der Waals surface area contributed by atoms with Gasteiger partial charge in [0.1, 0.15) is 0 Å². The summed E-state index contributed by atoms with van der Waals surface area (Å²) in [5.41, 5.74) is 0. The molecule has 0 heterocycles. The number of alkyl halides is 9. The van der Waals surface area contributed by atoms with Gasteiger partial charge < -0.3 is 9.47 Å². The minimum absolute atomic E-state index is 0.00989. The van der Waals surface area contributed by atoms with Gasteiger partial charge in [-0.3, -0.25) is 0 Å². The molecule has 0 bridgehead atoms. The average Bonchev–Trinajstić information content (AvgIpc) is 2.22. The van der Waals surface area contributed by atoms with Gasteiger partial charge in [-0.05, 0) is 6.92 Å². The lowest BCUT2D eigenvalue weighted by molar-refractivity contribution is -0.444. The van der Waals surface area contributed by atoms with E-state index in [2.05, 4.69) is 9.47 Å². The molecule has 0 fully saturated rings. The maximum Gasteiger partial charge on any atom is 0.460 e. The molecule has 0 aliphatic heterocycles. The van der Waals surface area contributed by atoms with Crippen LogP contribution in [0.2, 0.25) is 0 Å². The van der Waals surface area contributed by atoms with Crippen molar-refractivity contribution >= 4 is 0 Å². The van der Waals surface area contributed by atoms with E-state index in [-0.39, 0.29) is 6.61 Å². The van der Waals surface area contributed by atoms with E-state index in [0.717, 1.165) is 0 Å². The molecule has 0 unspecified atom stereocenters. The third-order valence-electron chi connectivity index (χ3n) is 1.83. The standard InChI is InChI=1S/C8H9F9O2/c1-2-18-3-4-19-8(16,17)6(11,12)5(9,10)7(13,14)15/h2-4H2,1H3. The number of hydrogen-bond acceptors (Lipinski definition) is 2. The van der Waals surface area contributed by atoms with Crippen LogP contribution < -0.4 is 0 Å². The van der Waals surface area contributed by atoms with Gasteiger partial charge in [0.25, 0.3) is 0 Å². The highest BCUT2D eigenvalue weighted by atomic mass is 19.4. The second-order valence-corrected chi connectivity index (χ2v) is 3.21. The average molecular weight is 308 g/mol. The molecule has 0 amide bonds. The van der Waals surface area contributed by atoms with Crippen molar-refractivity contribution in [3.05, 3.63) is 0 Å². The van der Waals surface area contributed by atoms with Crippen LogP contribution in [0.3, 0.4) is 0 Å². The van der Waals surface area contributed by atoms with Crippen LogP contribution in [-0.4, -0.2) is 44.0 Å². The van der Waals surface area contributed by atoms with Gasteiger partial charge >= 0.3 is 24.1 Å². The molecular formula is C8H9F9O2. The molecule has 0 atom stereocenters. The summed E-state index contributed by atoms with van der Waals surface area (Å²) < 4.78 is 118.